The number of aryl methyl sites for hydroxylation is 1. The fourth-order valence-corrected chi connectivity index (χ4v) is 3.73. The molecule has 1 aliphatic rings. The molecule has 0 aliphatic heterocycles. The minimum absolute atomic E-state index is 0.0417. The van der Waals surface area contributed by atoms with Gasteiger partial charge in [0, 0.05) is 17.4 Å². The van der Waals surface area contributed by atoms with Crippen LogP contribution in [-0.2, 0) is 4.79 Å². The second-order valence-electron chi connectivity index (χ2n) is 6.74. The molecule has 1 amide bonds. The molecule has 1 aromatic heterocycles. The third-order valence-electron chi connectivity index (χ3n) is 5.00. The predicted octanol–water partition coefficient (Wildman–Crippen LogP) is 4.90. The highest BCUT2D eigenvalue weighted by atomic mass is 19.1. The molecule has 0 saturated heterocycles. The molecular weight excluding hydrogens is 329 g/mol. The number of carbonyl (C=O) groups is 1. The number of hydrogen-bond donors (Lipinski definition) is 1. The molecule has 5 heteroatoms. The summed E-state index contributed by atoms with van der Waals surface area (Å²) in [6.07, 6.45) is 6.39. The van der Waals surface area contributed by atoms with E-state index in [1.54, 1.807) is 18.2 Å². The molecule has 0 spiro atoms. The van der Waals surface area contributed by atoms with E-state index in [0.29, 0.717) is 6.04 Å². The third-order valence-corrected chi connectivity index (χ3v) is 5.00. The minimum atomic E-state index is -0.608. The summed E-state index contributed by atoms with van der Waals surface area (Å²) >= 11 is 0. The van der Waals surface area contributed by atoms with E-state index in [1.165, 1.54) is 37.8 Å². The molecule has 0 unspecified atom stereocenters. The van der Waals surface area contributed by atoms with Gasteiger partial charge in [0.1, 0.15) is 17.5 Å². The van der Waals surface area contributed by atoms with Crippen LogP contribution in [0.15, 0.2) is 35.9 Å². The normalized spacial score (nSPS) is 15.1. The number of amides is 1. The first-order chi connectivity index (χ1) is 12.5. The fraction of sp³-hybridized carbons (Fsp3) is 0.333. The summed E-state index contributed by atoms with van der Waals surface area (Å²) < 4.78 is 16.0. The smallest absolute Gasteiger partial charge is 0.266 e. The number of carbonyl (C=O) groups excluding carboxylic acids is 1. The van der Waals surface area contributed by atoms with Crippen LogP contribution in [0.1, 0.15) is 48.7 Å². The number of benzene rings is 1. The lowest BCUT2D eigenvalue weighted by Crippen LogP contribution is -2.14. The number of nitriles is 1. The molecule has 1 N–H and O–H groups in total. The Morgan fingerprint density at radius 3 is 2.65 bits per heavy atom. The standard InChI is InChI=1S/C21H22FN3O/c1-14-11-16(15(2)25(14)18-7-3-4-8-18)12-17(13-23)21(26)24-20-10-6-5-9-19(20)22/h5-6,9-12,18H,3-4,7-8H2,1-2H3,(H,24,26)/b17-12+. The van der Waals surface area contributed by atoms with Crippen LogP contribution in [0.4, 0.5) is 10.1 Å². The van der Waals surface area contributed by atoms with Crippen molar-refractivity contribution in [2.45, 2.75) is 45.6 Å². The van der Waals surface area contributed by atoms with Gasteiger partial charge >= 0.3 is 0 Å². The van der Waals surface area contributed by atoms with Crippen molar-refractivity contribution >= 4 is 17.7 Å². The van der Waals surface area contributed by atoms with Crippen molar-refractivity contribution in [1.82, 2.24) is 4.57 Å². The zero-order chi connectivity index (χ0) is 18.7. The van der Waals surface area contributed by atoms with Gasteiger partial charge in [0.05, 0.1) is 5.69 Å². The zero-order valence-electron chi connectivity index (χ0n) is 15.1. The Balaban J connectivity index is 1.87. The second-order valence-corrected chi connectivity index (χ2v) is 6.74. The number of aromatic nitrogens is 1. The number of hydrogen-bond acceptors (Lipinski definition) is 2. The van der Waals surface area contributed by atoms with Crippen LogP contribution in [0.3, 0.4) is 0 Å². The van der Waals surface area contributed by atoms with Crippen LogP contribution in [0.2, 0.25) is 0 Å². The number of para-hydroxylation sites is 1. The molecule has 0 atom stereocenters. The highest BCUT2D eigenvalue weighted by Gasteiger charge is 2.21. The van der Waals surface area contributed by atoms with Gasteiger partial charge in [-0.15, -0.1) is 0 Å². The molecule has 1 aliphatic carbocycles. The second kappa shape index (κ2) is 7.57. The third kappa shape index (κ3) is 3.55. The molecule has 134 valence electrons. The van der Waals surface area contributed by atoms with Gasteiger partial charge in [0.15, 0.2) is 0 Å². The molecule has 26 heavy (non-hydrogen) atoms. The van der Waals surface area contributed by atoms with Crippen LogP contribution < -0.4 is 5.32 Å². The largest absolute Gasteiger partial charge is 0.346 e. The van der Waals surface area contributed by atoms with Crippen molar-refractivity contribution in [2.24, 2.45) is 0 Å². The molecule has 0 radical (unpaired) electrons. The van der Waals surface area contributed by atoms with Crippen LogP contribution in [-0.4, -0.2) is 10.5 Å². The Bertz CT molecular complexity index is 898. The summed E-state index contributed by atoms with van der Waals surface area (Å²) in [6, 6.07) is 10.3. The van der Waals surface area contributed by atoms with Gasteiger partial charge < -0.3 is 9.88 Å². The lowest BCUT2D eigenvalue weighted by molar-refractivity contribution is -0.112. The molecule has 3 rings (SSSR count). The molecule has 1 saturated carbocycles. The van der Waals surface area contributed by atoms with E-state index in [4.69, 9.17) is 0 Å². The summed E-state index contributed by atoms with van der Waals surface area (Å²) in [6.45, 7) is 4.06. The number of nitrogens with one attached hydrogen (secondary N) is 1. The number of halogens is 1. The van der Waals surface area contributed by atoms with Crippen molar-refractivity contribution in [2.75, 3.05) is 5.32 Å². The average Bonchev–Trinajstić information content (AvgIpc) is 3.22. The fourth-order valence-electron chi connectivity index (χ4n) is 3.73. The van der Waals surface area contributed by atoms with Gasteiger partial charge in [0.25, 0.3) is 5.91 Å². The highest BCUT2D eigenvalue weighted by Crippen LogP contribution is 2.33. The van der Waals surface area contributed by atoms with Crippen LogP contribution >= 0.6 is 0 Å². The lowest BCUT2D eigenvalue weighted by Gasteiger charge is -2.17. The summed E-state index contributed by atoms with van der Waals surface area (Å²) in [7, 11) is 0. The maximum atomic E-state index is 13.7. The average molecular weight is 351 g/mol. The quantitative estimate of drug-likeness (QED) is 0.629. The Hall–Kier alpha value is -2.87. The van der Waals surface area contributed by atoms with Crippen LogP contribution in [0.5, 0.6) is 0 Å². The van der Waals surface area contributed by atoms with E-state index < -0.39 is 11.7 Å². The number of nitrogens with zero attached hydrogens (tertiary/aromatic N) is 2. The molecular formula is C21H22FN3O. The number of anilines is 1. The van der Waals surface area contributed by atoms with Gasteiger partial charge in [-0.3, -0.25) is 4.79 Å². The summed E-state index contributed by atoms with van der Waals surface area (Å²) in [5.41, 5.74) is 3.07. The molecule has 1 aromatic carbocycles. The first kappa shape index (κ1) is 17.9. The van der Waals surface area contributed by atoms with E-state index in [2.05, 4.69) is 9.88 Å². The van der Waals surface area contributed by atoms with Crippen molar-refractivity contribution in [3.05, 3.63) is 58.7 Å². The SMILES string of the molecule is Cc1cc(/C=C(\C#N)C(=O)Nc2ccccc2F)c(C)n1C1CCCC1. The van der Waals surface area contributed by atoms with Gasteiger partial charge in [-0.25, -0.2) is 4.39 Å². The summed E-state index contributed by atoms with van der Waals surface area (Å²) in [5, 5.41) is 11.9. The van der Waals surface area contributed by atoms with E-state index in [0.717, 1.165) is 17.0 Å². The minimum Gasteiger partial charge on any atom is -0.346 e. The Labute approximate surface area is 152 Å². The van der Waals surface area contributed by atoms with E-state index >= 15 is 0 Å². The Kier molecular flexibility index (Phi) is 5.22. The van der Waals surface area contributed by atoms with Crippen molar-refractivity contribution in [3.63, 3.8) is 0 Å². The zero-order valence-corrected chi connectivity index (χ0v) is 15.1. The van der Waals surface area contributed by atoms with E-state index in [-0.39, 0.29) is 11.3 Å². The molecule has 1 heterocycles. The van der Waals surface area contributed by atoms with Crippen molar-refractivity contribution < 1.29 is 9.18 Å². The molecule has 4 nitrogen and oxygen atoms in total. The predicted molar refractivity (Wildman–Crippen MR) is 100 cm³/mol. The molecule has 2 aromatic rings. The summed E-state index contributed by atoms with van der Waals surface area (Å²) in [4.78, 5) is 12.4. The van der Waals surface area contributed by atoms with E-state index in [9.17, 15) is 14.4 Å². The van der Waals surface area contributed by atoms with E-state index in [1.807, 2.05) is 26.0 Å². The highest BCUT2D eigenvalue weighted by molar-refractivity contribution is 6.09. The first-order valence-electron chi connectivity index (χ1n) is 8.87. The maximum absolute atomic E-state index is 13.7. The van der Waals surface area contributed by atoms with Gasteiger partial charge in [0.2, 0.25) is 0 Å². The Morgan fingerprint density at radius 2 is 2.00 bits per heavy atom. The van der Waals surface area contributed by atoms with Gasteiger partial charge in [-0.1, -0.05) is 25.0 Å². The van der Waals surface area contributed by atoms with Crippen molar-refractivity contribution in [1.29, 1.82) is 5.26 Å². The van der Waals surface area contributed by atoms with Gasteiger partial charge in [-0.2, -0.15) is 5.26 Å². The summed E-state index contributed by atoms with van der Waals surface area (Å²) in [5.74, 6) is -1.14. The van der Waals surface area contributed by atoms with Crippen LogP contribution in [0.25, 0.3) is 6.08 Å². The lowest BCUT2D eigenvalue weighted by atomic mass is 10.1. The number of rotatable bonds is 4. The maximum Gasteiger partial charge on any atom is 0.266 e. The Morgan fingerprint density at radius 1 is 1.31 bits per heavy atom. The van der Waals surface area contributed by atoms with Gasteiger partial charge in [-0.05, 0) is 56.5 Å². The molecule has 1 fully saturated rings. The van der Waals surface area contributed by atoms with Crippen molar-refractivity contribution in [3.8, 4) is 6.07 Å². The first-order valence-corrected chi connectivity index (χ1v) is 8.87. The molecule has 0 bridgehead atoms. The topological polar surface area (TPSA) is 57.8 Å². The van der Waals surface area contributed by atoms with Crippen LogP contribution in [0, 0.1) is 31.0 Å². The monoisotopic (exact) mass is 351 g/mol.